The van der Waals surface area contributed by atoms with Crippen molar-refractivity contribution in [1.82, 2.24) is 15.2 Å². The molecular weight excluding hydrogens is 200 g/mol. The van der Waals surface area contributed by atoms with Crippen LogP contribution in [0, 0.1) is 13.8 Å². The van der Waals surface area contributed by atoms with Gasteiger partial charge in [0.25, 0.3) is 0 Å². The normalized spacial score (nSPS) is 10.7. The lowest BCUT2D eigenvalue weighted by Crippen LogP contribution is -2.03. The van der Waals surface area contributed by atoms with E-state index >= 15 is 0 Å². The maximum absolute atomic E-state index is 5.47. The lowest BCUT2D eigenvalue weighted by atomic mass is 10.1. The minimum Gasteiger partial charge on any atom is -0.330 e. The zero-order chi connectivity index (χ0) is 11.5. The summed E-state index contributed by atoms with van der Waals surface area (Å²) in [5.41, 5.74) is 8.99. The van der Waals surface area contributed by atoms with Crippen LogP contribution < -0.4 is 5.73 Å². The van der Waals surface area contributed by atoms with Gasteiger partial charge in [0.05, 0.1) is 0 Å². The second-order valence-electron chi connectivity index (χ2n) is 3.96. The highest BCUT2D eigenvalue weighted by Crippen LogP contribution is 2.20. The van der Waals surface area contributed by atoms with Gasteiger partial charge in [-0.25, -0.2) is 4.98 Å². The predicted molar refractivity (Wildman–Crippen MR) is 64.1 cm³/mol. The van der Waals surface area contributed by atoms with E-state index in [-0.39, 0.29) is 0 Å². The van der Waals surface area contributed by atoms with Crippen LogP contribution in [0.3, 0.4) is 0 Å². The van der Waals surface area contributed by atoms with Crippen LogP contribution in [0.5, 0.6) is 0 Å². The third-order valence-corrected chi connectivity index (χ3v) is 2.54. The molecule has 1 aromatic heterocycles. The van der Waals surface area contributed by atoms with Crippen LogP contribution in [-0.2, 0) is 6.42 Å². The fourth-order valence-corrected chi connectivity index (χ4v) is 1.73. The molecule has 0 unspecified atom stereocenters. The van der Waals surface area contributed by atoms with Crippen LogP contribution in [0.4, 0.5) is 0 Å². The molecule has 2 aromatic rings. The third kappa shape index (κ3) is 2.12. The van der Waals surface area contributed by atoms with Gasteiger partial charge < -0.3 is 5.73 Å². The van der Waals surface area contributed by atoms with Crippen LogP contribution >= 0.6 is 0 Å². The Bertz CT molecular complexity index is 488. The quantitative estimate of drug-likeness (QED) is 0.818. The molecule has 16 heavy (non-hydrogen) atoms. The highest BCUT2D eigenvalue weighted by atomic mass is 15.2. The topological polar surface area (TPSA) is 67.6 Å². The molecule has 0 atom stereocenters. The van der Waals surface area contributed by atoms with Crippen LogP contribution in [0.2, 0.25) is 0 Å². The molecule has 0 fully saturated rings. The molecule has 0 amide bonds. The first-order valence-corrected chi connectivity index (χ1v) is 5.39. The minimum atomic E-state index is 0.585. The minimum absolute atomic E-state index is 0.585. The fraction of sp³-hybridized carbons (Fsp3) is 0.333. The van der Waals surface area contributed by atoms with E-state index in [2.05, 4.69) is 47.2 Å². The number of hydrogen-bond donors (Lipinski definition) is 2. The first kappa shape index (κ1) is 10.8. The van der Waals surface area contributed by atoms with Gasteiger partial charge in [-0.15, -0.1) is 0 Å². The van der Waals surface area contributed by atoms with Crippen LogP contribution in [0.15, 0.2) is 18.2 Å². The lowest BCUT2D eigenvalue weighted by molar-refractivity contribution is 0.874. The average Bonchev–Trinajstić information content (AvgIpc) is 2.67. The number of H-pyrrole nitrogens is 1. The predicted octanol–water partition coefficient (Wildman–Crippen LogP) is 1.59. The molecule has 1 aromatic carbocycles. The van der Waals surface area contributed by atoms with Gasteiger partial charge in [0.15, 0.2) is 5.82 Å². The number of nitrogens with zero attached hydrogens (tertiary/aromatic N) is 2. The van der Waals surface area contributed by atoms with E-state index < -0.39 is 0 Å². The van der Waals surface area contributed by atoms with Crippen molar-refractivity contribution >= 4 is 0 Å². The largest absolute Gasteiger partial charge is 0.330 e. The highest BCUT2D eigenvalue weighted by molar-refractivity contribution is 5.60. The smallest absolute Gasteiger partial charge is 0.181 e. The Hall–Kier alpha value is -1.68. The summed E-state index contributed by atoms with van der Waals surface area (Å²) in [7, 11) is 0. The SMILES string of the molecule is Cc1ccc(-c2n[nH]c(CCN)n2)c(C)c1. The number of aryl methyl sites for hydroxylation is 2. The van der Waals surface area contributed by atoms with E-state index in [0.29, 0.717) is 6.54 Å². The van der Waals surface area contributed by atoms with E-state index in [1.807, 2.05) is 0 Å². The molecule has 4 nitrogen and oxygen atoms in total. The zero-order valence-corrected chi connectivity index (χ0v) is 9.62. The molecule has 0 aliphatic heterocycles. The fourth-order valence-electron chi connectivity index (χ4n) is 1.73. The van der Waals surface area contributed by atoms with Crippen molar-refractivity contribution in [2.45, 2.75) is 20.3 Å². The van der Waals surface area contributed by atoms with E-state index in [9.17, 15) is 0 Å². The lowest BCUT2D eigenvalue weighted by Gasteiger charge is -2.01. The molecule has 2 rings (SSSR count). The molecule has 4 heteroatoms. The van der Waals surface area contributed by atoms with Gasteiger partial charge in [0.2, 0.25) is 0 Å². The Morgan fingerprint density at radius 2 is 2.12 bits per heavy atom. The number of nitrogens with one attached hydrogen (secondary N) is 1. The number of nitrogens with two attached hydrogens (primary N) is 1. The van der Waals surface area contributed by atoms with E-state index in [1.54, 1.807) is 0 Å². The summed E-state index contributed by atoms with van der Waals surface area (Å²) in [5, 5.41) is 7.11. The van der Waals surface area contributed by atoms with Crippen molar-refractivity contribution < 1.29 is 0 Å². The van der Waals surface area contributed by atoms with Crippen molar-refractivity contribution in [3.05, 3.63) is 35.2 Å². The Morgan fingerprint density at radius 3 is 2.81 bits per heavy atom. The average molecular weight is 216 g/mol. The maximum Gasteiger partial charge on any atom is 0.181 e. The monoisotopic (exact) mass is 216 g/mol. The van der Waals surface area contributed by atoms with Crippen LogP contribution in [-0.4, -0.2) is 21.7 Å². The summed E-state index contributed by atoms with van der Waals surface area (Å²) in [6.45, 7) is 4.73. The van der Waals surface area contributed by atoms with Gasteiger partial charge >= 0.3 is 0 Å². The molecule has 0 saturated heterocycles. The van der Waals surface area contributed by atoms with Crippen LogP contribution in [0.1, 0.15) is 17.0 Å². The summed E-state index contributed by atoms with van der Waals surface area (Å²) in [5.74, 6) is 1.60. The van der Waals surface area contributed by atoms with Gasteiger partial charge in [-0.2, -0.15) is 5.10 Å². The summed E-state index contributed by atoms with van der Waals surface area (Å²) in [6, 6.07) is 6.26. The number of rotatable bonds is 3. The molecule has 0 radical (unpaired) electrons. The zero-order valence-electron chi connectivity index (χ0n) is 9.62. The van der Waals surface area contributed by atoms with E-state index in [4.69, 9.17) is 5.73 Å². The van der Waals surface area contributed by atoms with Gasteiger partial charge in [-0.1, -0.05) is 23.8 Å². The molecule has 0 aliphatic rings. The first-order chi connectivity index (χ1) is 7.70. The summed E-state index contributed by atoms with van der Waals surface area (Å²) >= 11 is 0. The van der Waals surface area contributed by atoms with Gasteiger partial charge in [-0.3, -0.25) is 5.10 Å². The number of aromatic amines is 1. The van der Waals surface area contributed by atoms with Crippen molar-refractivity contribution in [3.8, 4) is 11.4 Å². The molecule has 0 spiro atoms. The Morgan fingerprint density at radius 1 is 1.31 bits per heavy atom. The van der Waals surface area contributed by atoms with Gasteiger partial charge in [0, 0.05) is 12.0 Å². The highest BCUT2D eigenvalue weighted by Gasteiger charge is 2.07. The number of aromatic nitrogens is 3. The standard InChI is InChI=1S/C12H16N4/c1-8-3-4-10(9(2)7-8)12-14-11(5-6-13)15-16-12/h3-4,7H,5-6,13H2,1-2H3,(H,14,15,16). The summed E-state index contributed by atoms with van der Waals surface area (Å²) < 4.78 is 0. The Labute approximate surface area is 94.9 Å². The maximum atomic E-state index is 5.47. The Balaban J connectivity index is 2.35. The second kappa shape index (κ2) is 4.45. The van der Waals surface area contributed by atoms with Crippen molar-refractivity contribution in [1.29, 1.82) is 0 Å². The number of benzene rings is 1. The van der Waals surface area contributed by atoms with E-state index in [1.165, 1.54) is 11.1 Å². The second-order valence-corrected chi connectivity index (χ2v) is 3.96. The molecule has 84 valence electrons. The Kier molecular flexibility index (Phi) is 3.01. The first-order valence-electron chi connectivity index (χ1n) is 5.39. The van der Waals surface area contributed by atoms with Crippen LogP contribution in [0.25, 0.3) is 11.4 Å². The third-order valence-electron chi connectivity index (χ3n) is 2.54. The molecular formula is C12H16N4. The molecule has 3 N–H and O–H groups in total. The summed E-state index contributed by atoms with van der Waals surface area (Å²) in [4.78, 5) is 4.41. The van der Waals surface area contributed by atoms with Crippen molar-refractivity contribution in [2.24, 2.45) is 5.73 Å². The van der Waals surface area contributed by atoms with Crippen molar-refractivity contribution in [3.63, 3.8) is 0 Å². The number of hydrogen-bond acceptors (Lipinski definition) is 3. The molecule has 1 heterocycles. The van der Waals surface area contributed by atoms with Gasteiger partial charge in [0.1, 0.15) is 5.82 Å². The van der Waals surface area contributed by atoms with Gasteiger partial charge in [-0.05, 0) is 26.0 Å². The molecule has 0 aliphatic carbocycles. The summed E-state index contributed by atoms with van der Waals surface area (Å²) in [6.07, 6.45) is 0.734. The molecule has 0 saturated carbocycles. The van der Waals surface area contributed by atoms with Crippen molar-refractivity contribution in [2.75, 3.05) is 6.54 Å². The van der Waals surface area contributed by atoms with E-state index in [0.717, 1.165) is 23.6 Å². The molecule has 0 bridgehead atoms.